The Bertz CT molecular complexity index is 495. The number of amides is 1. The van der Waals surface area contributed by atoms with Gasteiger partial charge in [-0.05, 0) is 30.5 Å². The first-order valence-electron chi connectivity index (χ1n) is 6.71. The van der Waals surface area contributed by atoms with Crippen molar-refractivity contribution in [2.24, 2.45) is 5.92 Å². The Morgan fingerprint density at radius 2 is 2.35 bits per heavy atom. The standard InChI is InChI=1S/C14H20FN3O2/c1-9-7-18(5-4-13(9)19)8-14(20)17-12-6-10(16)2-3-11(12)15/h2-3,6,9,13,19H,4-5,7-8,16H2,1H3,(H,17,20). The highest BCUT2D eigenvalue weighted by molar-refractivity contribution is 5.92. The monoisotopic (exact) mass is 281 g/mol. The van der Waals surface area contributed by atoms with E-state index in [2.05, 4.69) is 5.32 Å². The number of nitrogen functional groups attached to an aromatic ring is 1. The Balaban J connectivity index is 1.91. The van der Waals surface area contributed by atoms with Crippen molar-refractivity contribution >= 4 is 17.3 Å². The summed E-state index contributed by atoms with van der Waals surface area (Å²) in [4.78, 5) is 13.9. The van der Waals surface area contributed by atoms with Crippen molar-refractivity contribution in [2.45, 2.75) is 19.4 Å². The first kappa shape index (κ1) is 14.7. The van der Waals surface area contributed by atoms with Gasteiger partial charge in [-0.15, -0.1) is 0 Å². The second-order valence-electron chi connectivity index (χ2n) is 5.36. The number of halogens is 1. The van der Waals surface area contributed by atoms with Crippen LogP contribution in [0.5, 0.6) is 0 Å². The number of carbonyl (C=O) groups is 1. The van der Waals surface area contributed by atoms with Gasteiger partial charge in [-0.3, -0.25) is 9.69 Å². The van der Waals surface area contributed by atoms with Crippen LogP contribution in [0.2, 0.25) is 0 Å². The van der Waals surface area contributed by atoms with Crippen LogP contribution in [0.1, 0.15) is 13.3 Å². The van der Waals surface area contributed by atoms with E-state index in [0.717, 1.165) is 0 Å². The third-order valence-electron chi connectivity index (χ3n) is 3.58. The molecule has 6 heteroatoms. The number of aliphatic hydroxyl groups is 1. The molecule has 0 aromatic heterocycles. The maximum Gasteiger partial charge on any atom is 0.238 e. The van der Waals surface area contributed by atoms with Gasteiger partial charge < -0.3 is 16.2 Å². The minimum Gasteiger partial charge on any atom is -0.399 e. The largest absolute Gasteiger partial charge is 0.399 e. The molecule has 2 unspecified atom stereocenters. The average molecular weight is 281 g/mol. The fourth-order valence-electron chi connectivity index (χ4n) is 2.39. The van der Waals surface area contributed by atoms with E-state index in [1.54, 1.807) is 0 Å². The molecule has 1 heterocycles. The van der Waals surface area contributed by atoms with Crippen LogP contribution in [0.4, 0.5) is 15.8 Å². The van der Waals surface area contributed by atoms with Crippen molar-refractivity contribution in [2.75, 3.05) is 30.7 Å². The van der Waals surface area contributed by atoms with Crippen LogP contribution in [0.15, 0.2) is 18.2 Å². The Morgan fingerprint density at radius 1 is 1.60 bits per heavy atom. The van der Waals surface area contributed by atoms with Crippen molar-refractivity contribution in [3.8, 4) is 0 Å². The lowest BCUT2D eigenvalue weighted by Gasteiger charge is -2.33. The van der Waals surface area contributed by atoms with Crippen molar-refractivity contribution in [3.63, 3.8) is 0 Å². The summed E-state index contributed by atoms with van der Waals surface area (Å²) in [6.45, 7) is 3.46. The van der Waals surface area contributed by atoms with Crippen molar-refractivity contribution in [1.29, 1.82) is 0 Å². The van der Waals surface area contributed by atoms with E-state index in [-0.39, 0.29) is 30.2 Å². The number of benzene rings is 1. The second kappa shape index (κ2) is 6.19. The van der Waals surface area contributed by atoms with Crippen molar-refractivity contribution in [3.05, 3.63) is 24.0 Å². The number of anilines is 2. The van der Waals surface area contributed by atoms with Gasteiger partial charge in [0.05, 0.1) is 18.3 Å². The summed E-state index contributed by atoms with van der Waals surface area (Å²) >= 11 is 0. The van der Waals surface area contributed by atoms with Crippen molar-refractivity contribution < 1.29 is 14.3 Å². The van der Waals surface area contributed by atoms with Gasteiger partial charge in [0.15, 0.2) is 0 Å². The van der Waals surface area contributed by atoms with Gasteiger partial charge in [0.1, 0.15) is 5.82 Å². The van der Waals surface area contributed by atoms with Crippen LogP contribution >= 0.6 is 0 Å². The maximum atomic E-state index is 13.5. The third kappa shape index (κ3) is 3.68. The first-order valence-corrected chi connectivity index (χ1v) is 6.71. The number of hydrogen-bond donors (Lipinski definition) is 3. The minimum absolute atomic E-state index is 0.0973. The number of nitrogens with zero attached hydrogens (tertiary/aromatic N) is 1. The van der Waals surface area contributed by atoms with E-state index in [4.69, 9.17) is 5.73 Å². The molecular weight excluding hydrogens is 261 g/mol. The molecule has 1 aromatic rings. The number of likely N-dealkylation sites (tertiary alicyclic amines) is 1. The van der Waals surface area contributed by atoms with Crippen LogP contribution in [0.25, 0.3) is 0 Å². The summed E-state index contributed by atoms with van der Waals surface area (Å²) in [5.74, 6) is -0.645. The molecule has 1 saturated heterocycles. The van der Waals surface area contributed by atoms with E-state index in [0.29, 0.717) is 25.2 Å². The average Bonchev–Trinajstić information content (AvgIpc) is 2.38. The predicted octanol–water partition coefficient (Wildman–Crippen LogP) is 1.05. The molecule has 1 aliphatic rings. The van der Waals surface area contributed by atoms with E-state index < -0.39 is 5.82 Å². The highest BCUT2D eigenvalue weighted by Crippen LogP contribution is 2.19. The first-order chi connectivity index (χ1) is 9.45. The van der Waals surface area contributed by atoms with Gasteiger partial charge in [-0.2, -0.15) is 0 Å². The summed E-state index contributed by atoms with van der Waals surface area (Å²) in [6, 6.07) is 4.07. The SMILES string of the molecule is CC1CN(CC(=O)Nc2cc(N)ccc2F)CCC1O. The highest BCUT2D eigenvalue weighted by atomic mass is 19.1. The van der Waals surface area contributed by atoms with Gasteiger partial charge in [0, 0.05) is 18.8 Å². The third-order valence-corrected chi connectivity index (χ3v) is 3.58. The molecule has 2 atom stereocenters. The van der Waals surface area contributed by atoms with Crippen LogP contribution in [0.3, 0.4) is 0 Å². The number of hydrogen-bond acceptors (Lipinski definition) is 4. The number of aliphatic hydroxyl groups excluding tert-OH is 1. The molecule has 0 spiro atoms. The minimum atomic E-state index is -0.505. The second-order valence-corrected chi connectivity index (χ2v) is 5.36. The molecule has 110 valence electrons. The fraction of sp³-hybridized carbons (Fsp3) is 0.500. The summed E-state index contributed by atoms with van der Waals surface area (Å²) < 4.78 is 13.5. The smallest absolute Gasteiger partial charge is 0.238 e. The Kier molecular flexibility index (Phi) is 4.57. The molecule has 0 radical (unpaired) electrons. The summed E-state index contributed by atoms with van der Waals surface area (Å²) in [6.07, 6.45) is 0.349. The molecule has 1 amide bonds. The zero-order valence-corrected chi connectivity index (χ0v) is 11.5. The summed E-state index contributed by atoms with van der Waals surface area (Å²) in [7, 11) is 0. The van der Waals surface area contributed by atoms with Gasteiger partial charge in [-0.25, -0.2) is 4.39 Å². The molecule has 1 aromatic carbocycles. The Morgan fingerprint density at radius 3 is 3.05 bits per heavy atom. The lowest BCUT2D eigenvalue weighted by atomic mass is 9.97. The molecular formula is C14H20FN3O2. The van der Waals surface area contributed by atoms with E-state index in [9.17, 15) is 14.3 Å². The van der Waals surface area contributed by atoms with Crippen LogP contribution in [-0.4, -0.2) is 41.7 Å². The molecule has 0 aliphatic carbocycles. The van der Waals surface area contributed by atoms with Crippen LogP contribution < -0.4 is 11.1 Å². The normalized spacial score (nSPS) is 23.6. The lowest BCUT2D eigenvalue weighted by molar-refractivity contribution is -0.118. The van der Waals surface area contributed by atoms with Gasteiger partial charge in [0.25, 0.3) is 0 Å². The van der Waals surface area contributed by atoms with Gasteiger partial charge in [0.2, 0.25) is 5.91 Å². The number of piperidine rings is 1. The molecule has 1 fully saturated rings. The molecule has 20 heavy (non-hydrogen) atoms. The molecule has 5 nitrogen and oxygen atoms in total. The highest BCUT2D eigenvalue weighted by Gasteiger charge is 2.25. The predicted molar refractivity (Wildman–Crippen MR) is 75.7 cm³/mol. The van der Waals surface area contributed by atoms with E-state index >= 15 is 0 Å². The number of carbonyl (C=O) groups excluding carboxylic acids is 1. The van der Waals surface area contributed by atoms with Crippen LogP contribution in [-0.2, 0) is 4.79 Å². The molecule has 0 saturated carbocycles. The zero-order valence-electron chi connectivity index (χ0n) is 11.5. The quantitative estimate of drug-likeness (QED) is 0.724. The Labute approximate surface area is 117 Å². The molecule has 2 rings (SSSR count). The topological polar surface area (TPSA) is 78.6 Å². The van der Waals surface area contributed by atoms with Crippen molar-refractivity contribution in [1.82, 2.24) is 4.90 Å². The van der Waals surface area contributed by atoms with E-state index in [1.165, 1.54) is 18.2 Å². The molecule has 4 N–H and O–H groups in total. The van der Waals surface area contributed by atoms with Gasteiger partial charge >= 0.3 is 0 Å². The van der Waals surface area contributed by atoms with E-state index in [1.807, 2.05) is 11.8 Å². The van der Waals surface area contributed by atoms with Crippen LogP contribution in [0, 0.1) is 11.7 Å². The summed E-state index contributed by atoms with van der Waals surface area (Å²) in [5, 5.41) is 12.2. The number of nitrogens with one attached hydrogen (secondary N) is 1. The molecule has 0 bridgehead atoms. The maximum absolute atomic E-state index is 13.5. The summed E-state index contributed by atoms with van der Waals surface area (Å²) in [5.41, 5.74) is 6.06. The zero-order chi connectivity index (χ0) is 14.7. The number of nitrogens with two attached hydrogens (primary N) is 1. The molecule has 1 aliphatic heterocycles. The van der Waals surface area contributed by atoms with Gasteiger partial charge in [-0.1, -0.05) is 6.92 Å². The fourth-order valence-corrected chi connectivity index (χ4v) is 2.39. The number of rotatable bonds is 3. The lowest BCUT2D eigenvalue weighted by Crippen LogP contribution is -2.45. The Hall–Kier alpha value is -1.66.